The number of halogens is 1. The first-order chi connectivity index (χ1) is 10.7. The van der Waals surface area contributed by atoms with Crippen molar-refractivity contribution in [2.75, 3.05) is 12.4 Å². The second kappa shape index (κ2) is 6.60. The van der Waals surface area contributed by atoms with Gasteiger partial charge in [-0.3, -0.25) is 10.1 Å². The first-order valence-corrected chi connectivity index (χ1v) is 8.81. The molecule has 0 spiro atoms. The second-order valence-corrected chi connectivity index (χ2v) is 7.65. The van der Waals surface area contributed by atoms with E-state index in [2.05, 4.69) is 26.2 Å². The summed E-state index contributed by atoms with van der Waals surface area (Å²) >= 11 is 6.44. The lowest BCUT2D eigenvalue weighted by Gasteiger charge is -2.04. The lowest BCUT2D eigenvalue weighted by atomic mass is 10.2. The highest BCUT2D eigenvalue weighted by molar-refractivity contribution is 9.11. The Morgan fingerprint density at radius 1 is 1.32 bits per heavy atom. The molecule has 7 heteroatoms. The van der Waals surface area contributed by atoms with Crippen LogP contribution in [-0.4, -0.2) is 18.0 Å². The Morgan fingerprint density at radius 2 is 2.18 bits per heavy atom. The van der Waals surface area contributed by atoms with Gasteiger partial charge in [-0.1, -0.05) is 6.07 Å². The molecule has 1 amide bonds. The quantitative estimate of drug-likeness (QED) is 0.684. The van der Waals surface area contributed by atoms with Gasteiger partial charge in [-0.2, -0.15) is 0 Å². The molecule has 0 radical (unpaired) electrons. The average molecular weight is 395 g/mol. The number of anilines is 1. The van der Waals surface area contributed by atoms with Crippen molar-refractivity contribution in [3.63, 3.8) is 0 Å². The SMILES string of the molecule is COc1cccc(C(=O)Nc2nc(-c3ccc(Br)s3)cs2)c1. The summed E-state index contributed by atoms with van der Waals surface area (Å²) in [6.45, 7) is 0. The molecule has 2 aromatic heterocycles. The summed E-state index contributed by atoms with van der Waals surface area (Å²) < 4.78 is 6.18. The standard InChI is InChI=1S/C15H11BrN2O2S2/c1-20-10-4-2-3-9(7-10)14(19)18-15-17-11(8-21-15)12-5-6-13(16)22-12/h2-8H,1H3,(H,17,18,19). The number of nitrogens with zero attached hydrogens (tertiary/aromatic N) is 1. The molecule has 112 valence electrons. The van der Waals surface area contributed by atoms with Crippen molar-refractivity contribution in [2.45, 2.75) is 0 Å². The first kappa shape index (κ1) is 15.2. The van der Waals surface area contributed by atoms with E-state index in [0.717, 1.165) is 14.4 Å². The third-order valence-electron chi connectivity index (χ3n) is 2.88. The van der Waals surface area contributed by atoms with Crippen LogP contribution >= 0.6 is 38.6 Å². The van der Waals surface area contributed by atoms with Crippen LogP contribution in [0.25, 0.3) is 10.6 Å². The average Bonchev–Trinajstić information content (AvgIpc) is 3.16. The fourth-order valence-electron chi connectivity index (χ4n) is 1.83. The van der Waals surface area contributed by atoms with Crippen LogP contribution in [0.15, 0.2) is 45.6 Å². The molecule has 0 unspecified atom stereocenters. The van der Waals surface area contributed by atoms with Gasteiger partial charge in [0.2, 0.25) is 0 Å². The number of carbonyl (C=O) groups is 1. The van der Waals surface area contributed by atoms with Gasteiger partial charge < -0.3 is 4.74 Å². The minimum atomic E-state index is -0.202. The normalized spacial score (nSPS) is 10.5. The largest absolute Gasteiger partial charge is 0.497 e. The summed E-state index contributed by atoms with van der Waals surface area (Å²) in [5, 5.41) is 5.32. The maximum absolute atomic E-state index is 12.2. The Kier molecular flexibility index (Phi) is 4.56. The molecule has 0 aliphatic carbocycles. The molecule has 0 bridgehead atoms. The minimum absolute atomic E-state index is 0.202. The van der Waals surface area contributed by atoms with Crippen molar-refractivity contribution in [2.24, 2.45) is 0 Å². The number of nitrogens with one attached hydrogen (secondary N) is 1. The molecule has 2 heterocycles. The van der Waals surface area contributed by atoms with Crippen LogP contribution in [0.3, 0.4) is 0 Å². The number of thiophene rings is 1. The highest BCUT2D eigenvalue weighted by Crippen LogP contribution is 2.33. The van der Waals surface area contributed by atoms with Gasteiger partial charge in [0.05, 0.1) is 21.5 Å². The number of thiazole rings is 1. The Labute approximate surface area is 143 Å². The Morgan fingerprint density at radius 3 is 2.91 bits per heavy atom. The number of methoxy groups -OCH3 is 1. The summed E-state index contributed by atoms with van der Waals surface area (Å²) in [7, 11) is 1.57. The predicted molar refractivity (Wildman–Crippen MR) is 94.1 cm³/mol. The smallest absolute Gasteiger partial charge is 0.257 e. The first-order valence-electron chi connectivity index (χ1n) is 6.32. The van der Waals surface area contributed by atoms with Crippen LogP contribution in [-0.2, 0) is 0 Å². The van der Waals surface area contributed by atoms with E-state index in [1.807, 2.05) is 17.5 Å². The maximum atomic E-state index is 12.2. The van der Waals surface area contributed by atoms with Gasteiger partial charge in [-0.05, 0) is 46.3 Å². The Balaban J connectivity index is 1.75. The second-order valence-electron chi connectivity index (χ2n) is 4.33. The summed E-state index contributed by atoms with van der Waals surface area (Å²) in [6, 6.07) is 11.0. The molecule has 22 heavy (non-hydrogen) atoms. The number of aromatic nitrogens is 1. The number of amides is 1. The predicted octanol–water partition coefficient (Wildman–Crippen LogP) is 4.90. The number of hydrogen-bond donors (Lipinski definition) is 1. The maximum Gasteiger partial charge on any atom is 0.257 e. The summed E-state index contributed by atoms with van der Waals surface area (Å²) in [6.07, 6.45) is 0. The van der Waals surface area contributed by atoms with Crippen molar-refractivity contribution in [3.8, 4) is 16.3 Å². The van der Waals surface area contributed by atoms with E-state index in [9.17, 15) is 4.79 Å². The molecule has 1 N–H and O–H groups in total. The summed E-state index contributed by atoms with van der Waals surface area (Å²) in [4.78, 5) is 17.7. The zero-order chi connectivity index (χ0) is 15.5. The van der Waals surface area contributed by atoms with E-state index in [4.69, 9.17) is 4.74 Å². The van der Waals surface area contributed by atoms with Gasteiger partial charge >= 0.3 is 0 Å². The fraction of sp³-hybridized carbons (Fsp3) is 0.0667. The third kappa shape index (κ3) is 3.37. The van der Waals surface area contributed by atoms with E-state index in [0.29, 0.717) is 16.4 Å². The van der Waals surface area contributed by atoms with Crippen molar-refractivity contribution < 1.29 is 9.53 Å². The highest BCUT2D eigenvalue weighted by Gasteiger charge is 2.11. The van der Waals surface area contributed by atoms with Crippen molar-refractivity contribution >= 4 is 49.6 Å². The third-order valence-corrected chi connectivity index (χ3v) is 5.29. The van der Waals surface area contributed by atoms with Crippen LogP contribution < -0.4 is 10.1 Å². The molecule has 0 aliphatic heterocycles. The topological polar surface area (TPSA) is 51.2 Å². The fourth-order valence-corrected chi connectivity index (χ4v) is 3.96. The minimum Gasteiger partial charge on any atom is -0.497 e. The van der Waals surface area contributed by atoms with Crippen LogP contribution in [0.1, 0.15) is 10.4 Å². The molecule has 0 saturated heterocycles. The van der Waals surface area contributed by atoms with Crippen LogP contribution in [0, 0.1) is 0 Å². The van der Waals surface area contributed by atoms with Crippen LogP contribution in [0.5, 0.6) is 5.75 Å². The van der Waals surface area contributed by atoms with Gasteiger partial charge in [0.15, 0.2) is 5.13 Å². The Bertz CT molecular complexity index is 813. The zero-order valence-electron chi connectivity index (χ0n) is 11.5. The molecule has 4 nitrogen and oxygen atoms in total. The van der Waals surface area contributed by atoms with E-state index < -0.39 is 0 Å². The number of hydrogen-bond acceptors (Lipinski definition) is 5. The summed E-state index contributed by atoms with van der Waals surface area (Å²) in [5.41, 5.74) is 1.40. The van der Waals surface area contributed by atoms with Crippen LogP contribution in [0.2, 0.25) is 0 Å². The van der Waals surface area contributed by atoms with Crippen LogP contribution in [0.4, 0.5) is 5.13 Å². The monoisotopic (exact) mass is 394 g/mol. The van der Waals surface area contributed by atoms with E-state index >= 15 is 0 Å². The van der Waals surface area contributed by atoms with Crippen molar-refractivity contribution in [1.29, 1.82) is 0 Å². The molecular weight excluding hydrogens is 384 g/mol. The lowest BCUT2D eigenvalue weighted by molar-refractivity contribution is 0.102. The van der Waals surface area contributed by atoms with E-state index in [1.54, 1.807) is 42.7 Å². The molecule has 0 fully saturated rings. The molecule has 3 aromatic rings. The Hall–Kier alpha value is -1.70. The molecule has 0 saturated carbocycles. The van der Waals surface area contributed by atoms with E-state index in [1.165, 1.54) is 11.3 Å². The summed E-state index contributed by atoms with van der Waals surface area (Å²) in [5.74, 6) is 0.447. The van der Waals surface area contributed by atoms with Gasteiger partial charge in [0, 0.05) is 10.9 Å². The number of rotatable bonds is 4. The zero-order valence-corrected chi connectivity index (χ0v) is 14.7. The number of carbonyl (C=O) groups excluding carboxylic acids is 1. The molecule has 1 aromatic carbocycles. The number of ether oxygens (including phenoxy) is 1. The van der Waals surface area contributed by atoms with Gasteiger partial charge in [0.1, 0.15) is 5.75 Å². The van der Waals surface area contributed by atoms with Crippen molar-refractivity contribution in [1.82, 2.24) is 4.98 Å². The highest BCUT2D eigenvalue weighted by atomic mass is 79.9. The van der Waals surface area contributed by atoms with E-state index in [-0.39, 0.29) is 5.91 Å². The molecule has 0 aliphatic rings. The number of benzene rings is 1. The van der Waals surface area contributed by atoms with Gasteiger partial charge in [-0.25, -0.2) is 4.98 Å². The molecular formula is C15H11BrN2O2S2. The van der Waals surface area contributed by atoms with Crippen molar-refractivity contribution in [3.05, 3.63) is 51.1 Å². The molecule has 0 atom stereocenters. The van der Waals surface area contributed by atoms with Gasteiger partial charge in [0.25, 0.3) is 5.91 Å². The lowest BCUT2D eigenvalue weighted by Crippen LogP contribution is -2.11. The van der Waals surface area contributed by atoms with Gasteiger partial charge in [-0.15, -0.1) is 22.7 Å². The molecule has 3 rings (SSSR count).